The maximum Gasteiger partial charge on any atom is 0.256 e. The smallest absolute Gasteiger partial charge is 0.256 e. The molecule has 1 aliphatic heterocycles. The summed E-state index contributed by atoms with van der Waals surface area (Å²) in [5.41, 5.74) is 1.57. The zero-order chi connectivity index (χ0) is 25.6. The van der Waals surface area contributed by atoms with E-state index in [4.69, 9.17) is 4.74 Å². The van der Waals surface area contributed by atoms with Crippen LogP contribution in [0.1, 0.15) is 13.3 Å². The number of nitrogens with one attached hydrogen (secondary N) is 1. The molecule has 1 saturated heterocycles. The van der Waals surface area contributed by atoms with E-state index in [0.29, 0.717) is 29.6 Å². The number of halogens is 4. The predicted molar refractivity (Wildman–Crippen MR) is 123 cm³/mol. The topological polar surface area (TPSA) is 89.6 Å². The van der Waals surface area contributed by atoms with Crippen LogP contribution in [0, 0.1) is 5.82 Å². The van der Waals surface area contributed by atoms with Crippen molar-refractivity contribution >= 4 is 28.4 Å². The number of hydrogen-bond acceptors (Lipinski definition) is 6. The highest BCUT2D eigenvalue weighted by atomic mass is 19.3. The Balaban J connectivity index is 1.50. The molecule has 1 aliphatic rings. The highest BCUT2D eigenvalue weighted by Crippen LogP contribution is 2.34. The molecule has 5 rings (SSSR count). The Kier molecular flexibility index (Phi) is 6.14. The lowest BCUT2D eigenvalue weighted by atomic mass is 10.0. The van der Waals surface area contributed by atoms with Crippen LogP contribution in [-0.4, -0.2) is 73.8 Å². The maximum absolute atomic E-state index is 14.8. The van der Waals surface area contributed by atoms with Gasteiger partial charge in [0.15, 0.2) is 5.82 Å². The molecule has 3 aromatic heterocycles. The number of imidazole rings is 1. The lowest BCUT2D eigenvalue weighted by molar-refractivity contribution is -0.131. The molecule has 9 nitrogen and oxygen atoms in total. The van der Waals surface area contributed by atoms with Gasteiger partial charge < -0.3 is 19.5 Å². The van der Waals surface area contributed by atoms with E-state index in [1.165, 1.54) is 40.4 Å². The fourth-order valence-electron chi connectivity index (χ4n) is 4.52. The standard InChI is InChI=1S/C23H23F4N7O2/c1-12(35)32-5-4-17(16(25)9-32)29-23-30-22(36-2)21-14(3-6-34(21)31-23)13-7-15(24)20-18(8-13)33(11-28-20)10-19(26)27/h3,6-8,11,16-17,19H,4-5,9-10H2,1-2H3,(H,29,31)/t16-,17+/m1/s1. The van der Waals surface area contributed by atoms with E-state index >= 15 is 0 Å². The van der Waals surface area contributed by atoms with Crippen molar-refractivity contribution in [1.82, 2.24) is 29.0 Å². The molecule has 4 heterocycles. The van der Waals surface area contributed by atoms with Crippen molar-refractivity contribution in [3.05, 3.63) is 36.5 Å². The molecule has 0 unspecified atom stereocenters. The van der Waals surface area contributed by atoms with Gasteiger partial charge in [-0.25, -0.2) is 27.1 Å². The minimum absolute atomic E-state index is 0.00536. The van der Waals surface area contributed by atoms with Crippen LogP contribution >= 0.6 is 0 Å². The Morgan fingerprint density at radius 2 is 2.14 bits per heavy atom. The summed E-state index contributed by atoms with van der Waals surface area (Å²) in [7, 11) is 1.41. The Morgan fingerprint density at radius 3 is 2.83 bits per heavy atom. The molecule has 1 fully saturated rings. The van der Waals surface area contributed by atoms with Gasteiger partial charge in [-0.05, 0) is 30.2 Å². The number of amides is 1. The molecule has 0 spiro atoms. The van der Waals surface area contributed by atoms with Gasteiger partial charge in [-0.15, -0.1) is 5.10 Å². The number of fused-ring (bicyclic) bond motifs is 2. The van der Waals surface area contributed by atoms with Gasteiger partial charge in [0.05, 0.1) is 38.1 Å². The number of anilines is 1. The van der Waals surface area contributed by atoms with E-state index in [-0.39, 0.29) is 35.3 Å². The van der Waals surface area contributed by atoms with Crippen LogP contribution in [0.25, 0.3) is 27.7 Å². The van der Waals surface area contributed by atoms with Gasteiger partial charge in [-0.3, -0.25) is 4.79 Å². The normalized spacial score (nSPS) is 18.4. The SMILES string of the molecule is COc1nc(N[C@H]2CCN(C(C)=O)C[C@H]2F)nn2ccc(-c3cc(F)c4ncn(CC(F)F)c4c3)c12. The molecule has 1 amide bonds. The van der Waals surface area contributed by atoms with Crippen molar-refractivity contribution in [2.24, 2.45) is 0 Å². The van der Waals surface area contributed by atoms with Crippen LogP contribution in [0.4, 0.5) is 23.5 Å². The third kappa shape index (κ3) is 4.29. The number of rotatable bonds is 6. The molecule has 0 bridgehead atoms. The highest BCUT2D eigenvalue weighted by molar-refractivity contribution is 5.90. The summed E-state index contributed by atoms with van der Waals surface area (Å²) in [6, 6.07) is 3.92. The fourth-order valence-corrected chi connectivity index (χ4v) is 4.52. The number of carbonyl (C=O) groups excluding carboxylic acids is 1. The zero-order valence-corrected chi connectivity index (χ0v) is 19.5. The van der Waals surface area contributed by atoms with Crippen LogP contribution in [0.5, 0.6) is 5.88 Å². The quantitative estimate of drug-likeness (QED) is 0.404. The second-order valence-corrected chi connectivity index (χ2v) is 8.60. The number of carbonyl (C=O) groups is 1. The Labute approximate surface area is 202 Å². The number of likely N-dealkylation sites (tertiary alicyclic amines) is 1. The molecule has 0 radical (unpaired) electrons. The third-order valence-corrected chi connectivity index (χ3v) is 6.30. The average Bonchev–Trinajstić information content (AvgIpc) is 3.44. The van der Waals surface area contributed by atoms with E-state index < -0.39 is 31.0 Å². The molecule has 1 N–H and O–H groups in total. The van der Waals surface area contributed by atoms with E-state index in [2.05, 4.69) is 20.4 Å². The summed E-state index contributed by atoms with van der Waals surface area (Å²) >= 11 is 0. The minimum atomic E-state index is -2.62. The van der Waals surface area contributed by atoms with Crippen LogP contribution in [0.2, 0.25) is 0 Å². The van der Waals surface area contributed by atoms with E-state index in [1.54, 1.807) is 18.3 Å². The summed E-state index contributed by atoms with van der Waals surface area (Å²) < 4.78 is 63.6. The zero-order valence-electron chi connectivity index (χ0n) is 19.5. The summed E-state index contributed by atoms with van der Waals surface area (Å²) in [5.74, 6) is -0.547. The fraction of sp³-hybridized carbons (Fsp3) is 0.391. The van der Waals surface area contributed by atoms with Gasteiger partial charge in [-0.2, -0.15) is 4.98 Å². The average molecular weight is 505 g/mol. The largest absolute Gasteiger partial charge is 0.479 e. The predicted octanol–water partition coefficient (Wildman–Crippen LogP) is 3.53. The summed E-state index contributed by atoms with van der Waals surface area (Å²) in [6.07, 6.45) is -0.748. The number of piperidine rings is 1. The minimum Gasteiger partial charge on any atom is -0.479 e. The molecule has 36 heavy (non-hydrogen) atoms. The molecule has 4 aromatic rings. The molecule has 2 atom stereocenters. The first-order chi connectivity index (χ1) is 17.2. The molecular weight excluding hydrogens is 482 g/mol. The maximum atomic E-state index is 14.8. The second-order valence-electron chi connectivity index (χ2n) is 8.60. The first-order valence-electron chi connectivity index (χ1n) is 11.3. The van der Waals surface area contributed by atoms with Crippen LogP contribution < -0.4 is 10.1 Å². The lowest BCUT2D eigenvalue weighted by Gasteiger charge is -2.34. The van der Waals surface area contributed by atoms with Crippen molar-refractivity contribution in [3.8, 4) is 17.0 Å². The number of ether oxygens (including phenoxy) is 1. The molecule has 0 aliphatic carbocycles. The molecule has 190 valence electrons. The summed E-state index contributed by atoms with van der Waals surface area (Å²) in [4.78, 5) is 21.3. The number of alkyl halides is 3. The first kappa shape index (κ1) is 23.8. The van der Waals surface area contributed by atoms with Crippen LogP contribution in [0.15, 0.2) is 30.7 Å². The Bertz CT molecular complexity index is 1440. The van der Waals surface area contributed by atoms with Crippen molar-refractivity contribution in [2.75, 3.05) is 25.5 Å². The molecular formula is C23H23F4N7O2. The summed E-state index contributed by atoms with van der Waals surface area (Å²) in [6.45, 7) is 1.19. The van der Waals surface area contributed by atoms with E-state index in [0.717, 1.165) is 0 Å². The molecule has 0 saturated carbocycles. The van der Waals surface area contributed by atoms with E-state index in [1.807, 2.05) is 0 Å². The number of benzene rings is 1. The first-order valence-corrected chi connectivity index (χ1v) is 11.3. The van der Waals surface area contributed by atoms with Gasteiger partial charge in [0.2, 0.25) is 17.7 Å². The lowest BCUT2D eigenvalue weighted by Crippen LogP contribution is -2.49. The van der Waals surface area contributed by atoms with E-state index in [9.17, 15) is 22.4 Å². The molecule has 13 heteroatoms. The van der Waals surface area contributed by atoms with Gasteiger partial charge in [-0.1, -0.05) is 0 Å². The Hall–Kier alpha value is -3.90. The van der Waals surface area contributed by atoms with Gasteiger partial charge in [0.25, 0.3) is 6.43 Å². The third-order valence-electron chi connectivity index (χ3n) is 6.30. The van der Waals surface area contributed by atoms with Crippen molar-refractivity contribution < 1.29 is 27.1 Å². The highest BCUT2D eigenvalue weighted by Gasteiger charge is 2.31. The van der Waals surface area contributed by atoms with Crippen molar-refractivity contribution in [2.45, 2.75) is 38.5 Å². The van der Waals surface area contributed by atoms with Crippen LogP contribution in [0.3, 0.4) is 0 Å². The second kappa shape index (κ2) is 9.28. The van der Waals surface area contributed by atoms with Gasteiger partial charge in [0.1, 0.15) is 17.2 Å². The monoisotopic (exact) mass is 505 g/mol. The van der Waals surface area contributed by atoms with Crippen molar-refractivity contribution in [1.29, 1.82) is 0 Å². The van der Waals surface area contributed by atoms with Gasteiger partial charge >= 0.3 is 0 Å². The summed E-state index contributed by atoms with van der Waals surface area (Å²) in [5, 5.41) is 7.38. The van der Waals surface area contributed by atoms with Gasteiger partial charge in [0, 0.05) is 25.2 Å². The number of nitrogens with zero attached hydrogens (tertiary/aromatic N) is 6. The van der Waals surface area contributed by atoms with Crippen LogP contribution in [-0.2, 0) is 11.3 Å². The molecule has 1 aromatic carbocycles. The number of hydrogen-bond donors (Lipinski definition) is 1. The number of methoxy groups -OCH3 is 1. The van der Waals surface area contributed by atoms with Crippen molar-refractivity contribution in [3.63, 3.8) is 0 Å². The number of aromatic nitrogens is 5. The Morgan fingerprint density at radius 1 is 1.33 bits per heavy atom.